The second kappa shape index (κ2) is 4.27. The van der Waals surface area contributed by atoms with Crippen LogP contribution in [0.5, 0.6) is 0 Å². The third-order valence-electron chi connectivity index (χ3n) is 2.68. The summed E-state index contributed by atoms with van der Waals surface area (Å²) in [6.07, 6.45) is 0. The highest BCUT2D eigenvalue weighted by Gasteiger charge is 2.12. The van der Waals surface area contributed by atoms with Crippen LogP contribution < -0.4 is 5.73 Å². The smallest absolute Gasteiger partial charge is 0.258 e. The number of nitrogen functional groups attached to an aromatic ring is 1. The van der Waals surface area contributed by atoms with E-state index in [2.05, 4.69) is 15.5 Å². The molecular weight excluding hydrogens is 246 g/mol. The third-order valence-corrected chi connectivity index (χ3v) is 3.54. The van der Waals surface area contributed by atoms with Crippen LogP contribution in [-0.4, -0.2) is 10.1 Å². The van der Waals surface area contributed by atoms with Gasteiger partial charge in [0.1, 0.15) is 0 Å². The number of aryl methyl sites for hydroxylation is 1. The van der Waals surface area contributed by atoms with Crippen LogP contribution >= 0.6 is 11.3 Å². The molecule has 18 heavy (non-hydrogen) atoms. The van der Waals surface area contributed by atoms with E-state index in [0.717, 1.165) is 16.7 Å². The van der Waals surface area contributed by atoms with Crippen molar-refractivity contribution in [1.29, 1.82) is 0 Å². The van der Waals surface area contributed by atoms with Crippen molar-refractivity contribution in [3.63, 3.8) is 0 Å². The Balaban J connectivity index is 1.99. The first-order chi connectivity index (χ1) is 8.74. The number of nitrogens with two attached hydrogens (primary N) is 1. The highest BCUT2D eigenvalue weighted by atomic mass is 32.1. The van der Waals surface area contributed by atoms with Gasteiger partial charge in [0.15, 0.2) is 0 Å². The van der Waals surface area contributed by atoms with E-state index in [-0.39, 0.29) is 0 Å². The predicted octanol–water partition coefficient (Wildman–Crippen LogP) is 3.36. The third kappa shape index (κ3) is 1.89. The molecule has 4 nitrogen and oxygen atoms in total. The number of rotatable bonds is 2. The number of thiophene rings is 1. The second-order valence-electron chi connectivity index (χ2n) is 4.01. The van der Waals surface area contributed by atoms with Gasteiger partial charge in [0.05, 0.1) is 0 Å². The van der Waals surface area contributed by atoms with E-state index in [9.17, 15) is 0 Å². The Kier molecular flexibility index (Phi) is 2.60. The Morgan fingerprint density at radius 2 is 1.94 bits per heavy atom. The average Bonchev–Trinajstić information content (AvgIpc) is 2.98. The summed E-state index contributed by atoms with van der Waals surface area (Å²) in [4.78, 5) is 4.40. The summed E-state index contributed by atoms with van der Waals surface area (Å²) in [5.41, 5.74) is 9.40. The van der Waals surface area contributed by atoms with Gasteiger partial charge in [-0.3, -0.25) is 0 Å². The molecule has 1 aromatic carbocycles. The minimum atomic E-state index is 0.510. The van der Waals surface area contributed by atoms with Crippen molar-refractivity contribution in [1.82, 2.24) is 10.1 Å². The molecule has 3 rings (SSSR count). The number of hydrogen-bond acceptors (Lipinski definition) is 5. The zero-order valence-corrected chi connectivity index (χ0v) is 10.6. The van der Waals surface area contributed by atoms with Crippen molar-refractivity contribution in [3.05, 3.63) is 40.6 Å². The molecule has 0 aliphatic rings. The van der Waals surface area contributed by atoms with Crippen LogP contribution in [0.25, 0.3) is 22.8 Å². The Bertz CT molecular complexity index is 670. The molecule has 0 unspecified atom stereocenters. The van der Waals surface area contributed by atoms with Crippen LogP contribution in [0.3, 0.4) is 0 Å². The Labute approximate surface area is 108 Å². The van der Waals surface area contributed by atoms with E-state index in [0.29, 0.717) is 17.4 Å². The summed E-state index contributed by atoms with van der Waals surface area (Å²) in [5, 5.41) is 8.09. The maximum atomic E-state index is 5.64. The topological polar surface area (TPSA) is 64.9 Å². The van der Waals surface area contributed by atoms with Gasteiger partial charge in [-0.25, -0.2) is 0 Å². The quantitative estimate of drug-likeness (QED) is 0.715. The average molecular weight is 257 g/mol. The van der Waals surface area contributed by atoms with E-state index in [1.807, 2.05) is 36.6 Å². The molecule has 3 aromatic rings. The van der Waals surface area contributed by atoms with Crippen molar-refractivity contribution in [2.24, 2.45) is 0 Å². The second-order valence-corrected chi connectivity index (χ2v) is 4.76. The summed E-state index contributed by atoms with van der Waals surface area (Å²) in [5.74, 6) is 1.14. The molecule has 0 saturated carbocycles. The van der Waals surface area contributed by atoms with Gasteiger partial charge in [-0.1, -0.05) is 5.16 Å². The molecule has 2 N–H and O–H groups in total. The lowest BCUT2D eigenvalue weighted by Crippen LogP contribution is -1.84. The molecule has 0 radical (unpaired) electrons. The summed E-state index contributed by atoms with van der Waals surface area (Å²) in [6.45, 7) is 2.03. The maximum absolute atomic E-state index is 5.64. The Morgan fingerprint density at radius 3 is 2.61 bits per heavy atom. The van der Waals surface area contributed by atoms with E-state index in [4.69, 9.17) is 10.3 Å². The van der Waals surface area contributed by atoms with Crippen LogP contribution in [0, 0.1) is 6.92 Å². The standard InChI is InChI=1S/C13H11N3OS/c1-8-6-18-7-11(8)12-15-13(17-16-12)9-2-4-10(14)5-3-9/h2-7H,14H2,1H3. The Morgan fingerprint density at radius 1 is 1.17 bits per heavy atom. The van der Waals surface area contributed by atoms with Crippen LogP contribution in [0.4, 0.5) is 5.69 Å². The van der Waals surface area contributed by atoms with Gasteiger partial charge in [-0.15, -0.1) is 0 Å². The summed E-state index contributed by atoms with van der Waals surface area (Å²) >= 11 is 1.63. The molecule has 5 heteroatoms. The van der Waals surface area contributed by atoms with Crippen molar-refractivity contribution in [2.45, 2.75) is 6.92 Å². The monoisotopic (exact) mass is 257 g/mol. The molecule has 2 aromatic heterocycles. The van der Waals surface area contributed by atoms with E-state index in [1.54, 1.807) is 11.3 Å². The lowest BCUT2D eigenvalue weighted by Gasteiger charge is -1.94. The molecule has 0 fully saturated rings. The number of aromatic nitrogens is 2. The summed E-state index contributed by atoms with van der Waals surface area (Å²) in [6, 6.07) is 7.37. The summed E-state index contributed by atoms with van der Waals surface area (Å²) < 4.78 is 5.27. The Hall–Kier alpha value is -2.14. The van der Waals surface area contributed by atoms with Crippen LogP contribution in [0.1, 0.15) is 5.56 Å². The van der Waals surface area contributed by atoms with Crippen molar-refractivity contribution in [3.8, 4) is 22.8 Å². The van der Waals surface area contributed by atoms with Crippen LogP contribution in [-0.2, 0) is 0 Å². The van der Waals surface area contributed by atoms with Crippen LogP contribution in [0.2, 0.25) is 0 Å². The van der Waals surface area contributed by atoms with Gasteiger partial charge >= 0.3 is 0 Å². The predicted molar refractivity (Wildman–Crippen MR) is 72.2 cm³/mol. The summed E-state index contributed by atoms with van der Waals surface area (Å²) in [7, 11) is 0. The minimum absolute atomic E-state index is 0.510. The molecule has 0 spiro atoms. The number of anilines is 1. The molecule has 0 amide bonds. The van der Waals surface area contributed by atoms with Gasteiger partial charge in [0.2, 0.25) is 5.82 Å². The van der Waals surface area contributed by atoms with E-state index < -0.39 is 0 Å². The largest absolute Gasteiger partial charge is 0.399 e. The zero-order chi connectivity index (χ0) is 12.5. The highest BCUT2D eigenvalue weighted by Crippen LogP contribution is 2.27. The van der Waals surface area contributed by atoms with Gasteiger partial charge in [0, 0.05) is 22.2 Å². The SMILES string of the molecule is Cc1cscc1-c1noc(-c2ccc(N)cc2)n1. The molecule has 90 valence electrons. The fourth-order valence-corrected chi connectivity index (χ4v) is 2.49. The minimum Gasteiger partial charge on any atom is -0.399 e. The lowest BCUT2D eigenvalue weighted by atomic mass is 10.2. The van der Waals surface area contributed by atoms with Gasteiger partial charge in [-0.05, 0) is 42.1 Å². The van der Waals surface area contributed by atoms with E-state index >= 15 is 0 Å². The molecule has 0 aliphatic carbocycles. The van der Waals surface area contributed by atoms with Crippen molar-refractivity contribution < 1.29 is 4.52 Å². The molecule has 0 saturated heterocycles. The first kappa shape index (κ1) is 11.0. The maximum Gasteiger partial charge on any atom is 0.258 e. The van der Waals surface area contributed by atoms with Gasteiger partial charge < -0.3 is 10.3 Å². The highest BCUT2D eigenvalue weighted by molar-refractivity contribution is 7.08. The van der Waals surface area contributed by atoms with Crippen molar-refractivity contribution >= 4 is 17.0 Å². The zero-order valence-electron chi connectivity index (χ0n) is 9.75. The fourth-order valence-electron chi connectivity index (χ4n) is 1.67. The number of nitrogens with zero attached hydrogens (tertiary/aromatic N) is 2. The van der Waals surface area contributed by atoms with E-state index in [1.165, 1.54) is 0 Å². The van der Waals surface area contributed by atoms with Crippen molar-refractivity contribution in [2.75, 3.05) is 5.73 Å². The molecule has 0 atom stereocenters. The molecule has 2 heterocycles. The normalized spacial score (nSPS) is 10.7. The first-order valence-electron chi connectivity index (χ1n) is 5.47. The molecule has 0 aliphatic heterocycles. The van der Waals surface area contributed by atoms with Gasteiger partial charge in [0.25, 0.3) is 5.89 Å². The lowest BCUT2D eigenvalue weighted by molar-refractivity contribution is 0.432. The number of benzene rings is 1. The first-order valence-corrected chi connectivity index (χ1v) is 6.41. The van der Waals surface area contributed by atoms with Gasteiger partial charge in [-0.2, -0.15) is 16.3 Å². The number of hydrogen-bond donors (Lipinski definition) is 1. The van der Waals surface area contributed by atoms with Crippen LogP contribution in [0.15, 0.2) is 39.5 Å². The fraction of sp³-hybridized carbons (Fsp3) is 0.0769. The molecular formula is C13H11N3OS. The molecule has 0 bridgehead atoms.